The standard InChI is InChI=1S/C15H13N3O3/c1-21-11-6-4-10(5-7-11)9-18-14(19)13-12(17-15(18)20)3-2-8-16-13/h2-8H,9H2,1H3,(H,17,20). The molecule has 3 aromatic rings. The zero-order chi connectivity index (χ0) is 14.8. The number of methoxy groups -OCH3 is 1. The Labute approximate surface area is 119 Å². The quantitative estimate of drug-likeness (QED) is 0.782. The largest absolute Gasteiger partial charge is 0.497 e. The number of aromatic nitrogens is 3. The normalized spacial score (nSPS) is 10.7. The summed E-state index contributed by atoms with van der Waals surface area (Å²) in [6, 6.07) is 10.5. The first-order valence-corrected chi connectivity index (χ1v) is 6.40. The zero-order valence-corrected chi connectivity index (χ0v) is 11.4. The van der Waals surface area contributed by atoms with Crippen LogP contribution < -0.4 is 16.0 Å². The van der Waals surface area contributed by atoms with Crippen LogP contribution in [0.2, 0.25) is 0 Å². The van der Waals surface area contributed by atoms with E-state index in [4.69, 9.17) is 4.74 Å². The Hall–Kier alpha value is -2.89. The Morgan fingerprint density at radius 3 is 2.67 bits per heavy atom. The maximum Gasteiger partial charge on any atom is 0.329 e. The van der Waals surface area contributed by atoms with Crippen LogP contribution in [0.1, 0.15) is 5.56 Å². The Balaban J connectivity index is 2.07. The number of benzene rings is 1. The fourth-order valence-corrected chi connectivity index (χ4v) is 2.14. The van der Waals surface area contributed by atoms with Gasteiger partial charge in [0.1, 0.15) is 5.75 Å². The van der Waals surface area contributed by atoms with Crippen molar-refractivity contribution in [1.29, 1.82) is 0 Å². The van der Waals surface area contributed by atoms with E-state index in [0.717, 1.165) is 15.9 Å². The summed E-state index contributed by atoms with van der Waals surface area (Å²) >= 11 is 0. The van der Waals surface area contributed by atoms with Crippen molar-refractivity contribution in [1.82, 2.24) is 14.5 Å². The molecular formula is C15H13N3O3. The molecule has 6 nitrogen and oxygen atoms in total. The van der Waals surface area contributed by atoms with Crippen LogP contribution in [0.25, 0.3) is 11.0 Å². The third-order valence-corrected chi connectivity index (χ3v) is 3.24. The summed E-state index contributed by atoms with van der Waals surface area (Å²) in [5.74, 6) is 0.722. The number of ether oxygens (including phenoxy) is 1. The van der Waals surface area contributed by atoms with Gasteiger partial charge in [0, 0.05) is 6.20 Å². The minimum Gasteiger partial charge on any atom is -0.497 e. The lowest BCUT2D eigenvalue weighted by atomic mass is 10.2. The molecule has 0 aliphatic rings. The van der Waals surface area contributed by atoms with Crippen LogP contribution in [0.4, 0.5) is 0 Å². The highest BCUT2D eigenvalue weighted by Gasteiger charge is 2.08. The number of rotatable bonds is 3. The van der Waals surface area contributed by atoms with E-state index in [9.17, 15) is 9.59 Å². The SMILES string of the molecule is COc1ccc(Cn2c(=O)[nH]c3cccnc3c2=O)cc1. The summed E-state index contributed by atoms with van der Waals surface area (Å²) in [5.41, 5.74) is 0.684. The van der Waals surface area contributed by atoms with E-state index in [2.05, 4.69) is 9.97 Å². The molecule has 0 amide bonds. The molecule has 0 saturated heterocycles. The Bertz CT molecular complexity index is 894. The highest BCUT2D eigenvalue weighted by atomic mass is 16.5. The number of hydrogen-bond acceptors (Lipinski definition) is 4. The molecule has 0 aliphatic carbocycles. The topological polar surface area (TPSA) is 77.0 Å². The van der Waals surface area contributed by atoms with E-state index in [0.29, 0.717) is 5.52 Å². The number of H-pyrrole nitrogens is 1. The summed E-state index contributed by atoms with van der Waals surface area (Å²) < 4.78 is 6.21. The molecule has 0 fully saturated rings. The summed E-state index contributed by atoms with van der Waals surface area (Å²) in [6.45, 7) is 0.185. The molecule has 21 heavy (non-hydrogen) atoms. The van der Waals surface area contributed by atoms with Gasteiger partial charge in [-0.1, -0.05) is 12.1 Å². The van der Waals surface area contributed by atoms with Gasteiger partial charge in [0.2, 0.25) is 0 Å². The lowest BCUT2D eigenvalue weighted by Crippen LogP contribution is -2.35. The van der Waals surface area contributed by atoms with Gasteiger partial charge in [-0.25, -0.2) is 9.78 Å². The molecule has 0 spiro atoms. The lowest BCUT2D eigenvalue weighted by molar-refractivity contribution is 0.414. The summed E-state index contributed by atoms with van der Waals surface area (Å²) in [7, 11) is 1.58. The molecule has 2 heterocycles. The van der Waals surface area contributed by atoms with E-state index in [-0.39, 0.29) is 12.1 Å². The number of nitrogens with one attached hydrogen (secondary N) is 1. The van der Waals surface area contributed by atoms with Crippen molar-refractivity contribution in [3.63, 3.8) is 0 Å². The van der Waals surface area contributed by atoms with Crippen molar-refractivity contribution in [2.75, 3.05) is 7.11 Å². The minimum absolute atomic E-state index is 0.185. The molecule has 3 rings (SSSR count). The highest BCUT2D eigenvalue weighted by molar-refractivity contribution is 5.71. The molecule has 0 aliphatic heterocycles. The van der Waals surface area contributed by atoms with E-state index in [1.807, 2.05) is 12.1 Å². The van der Waals surface area contributed by atoms with Crippen molar-refractivity contribution >= 4 is 11.0 Å². The van der Waals surface area contributed by atoms with Crippen LogP contribution in [0, 0.1) is 0 Å². The second kappa shape index (κ2) is 5.24. The monoisotopic (exact) mass is 283 g/mol. The third-order valence-electron chi connectivity index (χ3n) is 3.24. The minimum atomic E-state index is -0.448. The van der Waals surface area contributed by atoms with Gasteiger partial charge in [0.15, 0.2) is 5.52 Å². The fraction of sp³-hybridized carbons (Fsp3) is 0.133. The van der Waals surface area contributed by atoms with Crippen molar-refractivity contribution in [2.24, 2.45) is 0 Å². The maximum atomic E-state index is 12.3. The van der Waals surface area contributed by atoms with Crippen LogP contribution in [-0.2, 0) is 6.54 Å². The van der Waals surface area contributed by atoms with Gasteiger partial charge in [-0.05, 0) is 29.8 Å². The summed E-state index contributed by atoms with van der Waals surface area (Å²) in [5, 5.41) is 0. The molecule has 0 saturated carbocycles. The second-order valence-corrected chi connectivity index (χ2v) is 4.57. The molecular weight excluding hydrogens is 270 g/mol. The average molecular weight is 283 g/mol. The van der Waals surface area contributed by atoms with Gasteiger partial charge in [-0.2, -0.15) is 0 Å². The van der Waals surface area contributed by atoms with E-state index < -0.39 is 11.2 Å². The van der Waals surface area contributed by atoms with Crippen molar-refractivity contribution in [3.8, 4) is 5.75 Å². The Morgan fingerprint density at radius 1 is 1.19 bits per heavy atom. The number of aromatic amines is 1. The third kappa shape index (κ3) is 2.43. The Kier molecular flexibility index (Phi) is 3.27. The van der Waals surface area contributed by atoms with Crippen LogP contribution in [0.3, 0.4) is 0 Å². The Morgan fingerprint density at radius 2 is 1.95 bits per heavy atom. The maximum absolute atomic E-state index is 12.3. The van der Waals surface area contributed by atoms with Gasteiger partial charge in [-0.3, -0.25) is 9.36 Å². The number of fused-ring (bicyclic) bond motifs is 1. The van der Waals surface area contributed by atoms with Gasteiger partial charge in [0.25, 0.3) is 5.56 Å². The average Bonchev–Trinajstić information content (AvgIpc) is 2.52. The van der Waals surface area contributed by atoms with Crippen molar-refractivity contribution in [2.45, 2.75) is 6.54 Å². The smallest absolute Gasteiger partial charge is 0.329 e. The molecule has 6 heteroatoms. The molecule has 0 radical (unpaired) electrons. The van der Waals surface area contributed by atoms with Crippen LogP contribution in [0.5, 0.6) is 5.75 Å². The highest BCUT2D eigenvalue weighted by Crippen LogP contribution is 2.11. The molecule has 0 bridgehead atoms. The van der Waals surface area contributed by atoms with Crippen LogP contribution >= 0.6 is 0 Å². The van der Waals surface area contributed by atoms with Crippen LogP contribution in [0.15, 0.2) is 52.2 Å². The zero-order valence-electron chi connectivity index (χ0n) is 11.4. The molecule has 0 atom stereocenters. The molecule has 1 N–H and O–H groups in total. The molecule has 0 unspecified atom stereocenters. The fourth-order valence-electron chi connectivity index (χ4n) is 2.14. The second-order valence-electron chi connectivity index (χ2n) is 4.57. The lowest BCUT2D eigenvalue weighted by Gasteiger charge is -2.07. The summed E-state index contributed by atoms with van der Waals surface area (Å²) in [4.78, 5) is 31.1. The van der Waals surface area contributed by atoms with Gasteiger partial charge >= 0.3 is 5.69 Å². The van der Waals surface area contributed by atoms with Crippen molar-refractivity contribution < 1.29 is 4.74 Å². The predicted octanol–water partition coefficient (Wildman–Crippen LogP) is 1.14. The number of hydrogen-bond donors (Lipinski definition) is 1. The van der Waals surface area contributed by atoms with Gasteiger partial charge in [-0.15, -0.1) is 0 Å². The van der Waals surface area contributed by atoms with E-state index in [1.54, 1.807) is 31.4 Å². The van der Waals surface area contributed by atoms with Gasteiger partial charge < -0.3 is 9.72 Å². The van der Waals surface area contributed by atoms with E-state index in [1.165, 1.54) is 6.20 Å². The first kappa shape index (κ1) is 13.1. The number of pyridine rings is 1. The predicted molar refractivity (Wildman–Crippen MR) is 78.7 cm³/mol. The molecule has 2 aromatic heterocycles. The first-order valence-electron chi connectivity index (χ1n) is 6.40. The van der Waals surface area contributed by atoms with Crippen LogP contribution in [-0.4, -0.2) is 21.6 Å². The van der Waals surface area contributed by atoms with Gasteiger partial charge in [0.05, 0.1) is 19.2 Å². The summed E-state index contributed by atoms with van der Waals surface area (Å²) in [6.07, 6.45) is 1.53. The van der Waals surface area contributed by atoms with Crippen molar-refractivity contribution in [3.05, 3.63) is 69.0 Å². The molecule has 106 valence electrons. The van der Waals surface area contributed by atoms with E-state index >= 15 is 0 Å². The number of nitrogens with zero attached hydrogens (tertiary/aromatic N) is 2. The first-order chi connectivity index (χ1) is 10.2. The molecule has 1 aromatic carbocycles.